The number of hydrogen-bond acceptors (Lipinski definition) is 1. The summed E-state index contributed by atoms with van der Waals surface area (Å²) in [5, 5.41) is 1.11. The van der Waals surface area contributed by atoms with Crippen LogP contribution in [-0.2, 0) is 0 Å². The van der Waals surface area contributed by atoms with Gasteiger partial charge in [0.1, 0.15) is 0 Å². The van der Waals surface area contributed by atoms with Crippen LogP contribution in [0.2, 0.25) is 0 Å². The molecule has 0 N–H and O–H groups in total. The maximum Gasteiger partial charge on any atom is 0.0710 e. The van der Waals surface area contributed by atoms with E-state index in [2.05, 4.69) is 42.2 Å². The summed E-state index contributed by atoms with van der Waals surface area (Å²) >= 11 is 0. The van der Waals surface area contributed by atoms with Crippen LogP contribution in [0.5, 0.6) is 0 Å². The van der Waals surface area contributed by atoms with Gasteiger partial charge in [-0.25, -0.2) is 4.98 Å². The fourth-order valence-corrected chi connectivity index (χ4v) is 2.64. The van der Waals surface area contributed by atoms with E-state index in [1.807, 2.05) is 60.7 Å². The second kappa shape index (κ2) is 6.40. The minimum absolute atomic E-state index is 0.988. The van der Waals surface area contributed by atoms with Crippen LogP contribution < -0.4 is 0 Å². The summed E-state index contributed by atoms with van der Waals surface area (Å²) < 4.78 is 0. The molecule has 4 aromatic rings. The molecule has 0 radical (unpaired) electrons. The third-order valence-corrected chi connectivity index (χ3v) is 3.88. The van der Waals surface area contributed by atoms with E-state index < -0.39 is 0 Å². The number of benzene rings is 3. The first kappa shape index (κ1) is 14.2. The maximum absolute atomic E-state index is 4.76. The molecule has 3 aromatic carbocycles. The summed E-state index contributed by atoms with van der Waals surface area (Å²) in [7, 11) is 0. The number of pyridine rings is 1. The van der Waals surface area contributed by atoms with E-state index in [0.717, 1.165) is 33.3 Å². The largest absolute Gasteiger partial charge is 0.248 e. The maximum atomic E-state index is 4.76. The van der Waals surface area contributed by atoms with Crippen LogP contribution in [0.3, 0.4) is 0 Å². The lowest BCUT2D eigenvalue weighted by atomic mass is 10.1. The highest BCUT2D eigenvalue weighted by Gasteiger charge is 2.01. The van der Waals surface area contributed by atoms with Crippen molar-refractivity contribution in [3.8, 4) is 23.1 Å². The summed E-state index contributed by atoms with van der Waals surface area (Å²) in [6, 6.07) is 30.6. The molecule has 4 rings (SSSR count). The van der Waals surface area contributed by atoms with Crippen molar-refractivity contribution in [2.75, 3.05) is 0 Å². The lowest BCUT2D eigenvalue weighted by Gasteiger charge is -2.03. The van der Waals surface area contributed by atoms with Crippen molar-refractivity contribution in [1.29, 1.82) is 0 Å². The predicted octanol–water partition coefficient (Wildman–Crippen LogP) is 5.30. The zero-order chi connectivity index (χ0) is 16.2. The van der Waals surface area contributed by atoms with E-state index in [1.54, 1.807) is 0 Å². The van der Waals surface area contributed by atoms with Crippen LogP contribution >= 0.6 is 0 Å². The summed E-state index contributed by atoms with van der Waals surface area (Å²) in [6.45, 7) is 0. The molecule has 0 atom stereocenters. The Kier molecular flexibility index (Phi) is 3.80. The van der Waals surface area contributed by atoms with Gasteiger partial charge < -0.3 is 0 Å². The van der Waals surface area contributed by atoms with E-state index in [1.165, 1.54) is 0 Å². The highest BCUT2D eigenvalue weighted by atomic mass is 14.7. The smallest absolute Gasteiger partial charge is 0.0710 e. The normalized spacial score (nSPS) is 10.2. The Morgan fingerprint density at radius 1 is 0.583 bits per heavy atom. The Labute approximate surface area is 141 Å². The molecule has 0 aliphatic heterocycles. The van der Waals surface area contributed by atoms with Gasteiger partial charge in [-0.2, -0.15) is 0 Å². The van der Waals surface area contributed by atoms with Crippen molar-refractivity contribution in [2.24, 2.45) is 0 Å². The topological polar surface area (TPSA) is 12.9 Å². The molecule has 1 heterocycles. The van der Waals surface area contributed by atoms with Crippen LogP contribution in [0.4, 0.5) is 0 Å². The Morgan fingerprint density at radius 2 is 1.29 bits per heavy atom. The Hall–Kier alpha value is -3.37. The van der Waals surface area contributed by atoms with Crippen molar-refractivity contribution < 1.29 is 0 Å². The molecule has 24 heavy (non-hydrogen) atoms. The molecular formula is C23H15N. The molecule has 0 aliphatic rings. The molecule has 0 spiro atoms. The second-order valence-electron chi connectivity index (χ2n) is 5.59. The predicted molar refractivity (Wildman–Crippen MR) is 99.6 cm³/mol. The number of rotatable bonds is 1. The summed E-state index contributed by atoms with van der Waals surface area (Å²) in [5.41, 5.74) is 5.14. The average Bonchev–Trinajstić information content (AvgIpc) is 2.67. The molecule has 0 fully saturated rings. The van der Waals surface area contributed by atoms with Crippen molar-refractivity contribution in [1.82, 2.24) is 4.98 Å². The van der Waals surface area contributed by atoms with Gasteiger partial charge in [0.2, 0.25) is 0 Å². The number of fused-ring (bicyclic) bond motifs is 1. The minimum Gasteiger partial charge on any atom is -0.248 e. The fourth-order valence-electron chi connectivity index (χ4n) is 2.64. The monoisotopic (exact) mass is 305 g/mol. The first-order valence-corrected chi connectivity index (χ1v) is 7.92. The minimum atomic E-state index is 0.988. The van der Waals surface area contributed by atoms with Crippen LogP contribution in [0.1, 0.15) is 11.1 Å². The average molecular weight is 305 g/mol. The van der Waals surface area contributed by atoms with Gasteiger partial charge in [-0.3, -0.25) is 0 Å². The van der Waals surface area contributed by atoms with E-state index in [9.17, 15) is 0 Å². The summed E-state index contributed by atoms with van der Waals surface area (Å²) in [6.07, 6.45) is 0. The molecule has 0 aliphatic carbocycles. The Morgan fingerprint density at radius 3 is 2.08 bits per heavy atom. The first-order chi connectivity index (χ1) is 11.9. The molecule has 0 bridgehead atoms. The first-order valence-electron chi connectivity index (χ1n) is 7.92. The summed E-state index contributed by atoms with van der Waals surface area (Å²) in [4.78, 5) is 4.76. The molecule has 0 saturated heterocycles. The van der Waals surface area contributed by atoms with Crippen LogP contribution in [0.15, 0.2) is 91.0 Å². The highest BCUT2D eigenvalue weighted by Crippen LogP contribution is 2.21. The zero-order valence-electron chi connectivity index (χ0n) is 13.1. The SMILES string of the molecule is C(#Cc1ccc2nc(-c3ccccc3)ccc2c1)c1ccccc1. The lowest BCUT2D eigenvalue weighted by molar-refractivity contribution is 1.40. The molecule has 0 saturated carbocycles. The van der Waals surface area contributed by atoms with Crippen molar-refractivity contribution in [3.63, 3.8) is 0 Å². The zero-order valence-corrected chi connectivity index (χ0v) is 13.1. The highest BCUT2D eigenvalue weighted by molar-refractivity contribution is 5.83. The second-order valence-corrected chi connectivity index (χ2v) is 5.59. The molecule has 0 amide bonds. The number of hydrogen-bond donors (Lipinski definition) is 0. The molecule has 0 unspecified atom stereocenters. The standard InChI is InChI=1S/C23H15N/c1-3-7-18(8-4-1)11-12-19-13-15-23-21(17-19)14-16-22(24-23)20-9-5-2-6-10-20/h1-10,13-17H. The third-order valence-electron chi connectivity index (χ3n) is 3.88. The number of nitrogens with zero attached hydrogens (tertiary/aromatic N) is 1. The van der Waals surface area contributed by atoms with E-state index in [-0.39, 0.29) is 0 Å². The molecular weight excluding hydrogens is 290 g/mol. The third kappa shape index (κ3) is 3.04. The Balaban J connectivity index is 1.69. The quantitative estimate of drug-likeness (QED) is 0.435. The molecule has 1 aromatic heterocycles. The van der Waals surface area contributed by atoms with Gasteiger partial charge in [0, 0.05) is 22.1 Å². The lowest BCUT2D eigenvalue weighted by Crippen LogP contribution is -1.86. The van der Waals surface area contributed by atoms with E-state index in [4.69, 9.17) is 4.98 Å². The molecule has 112 valence electrons. The van der Waals surface area contributed by atoms with Gasteiger partial charge in [0.15, 0.2) is 0 Å². The fraction of sp³-hybridized carbons (Fsp3) is 0. The molecule has 1 heteroatoms. The van der Waals surface area contributed by atoms with Crippen LogP contribution in [0, 0.1) is 11.8 Å². The van der Waals surface area contributed by atoms with Gasteiger partial charge in [-0.05, 0) is 36.4 Å². The van der Waals surface area contributed by atoms with Gasteiger partial charge in [0.25, 0.3) is 0 Å². The summed E-state index contributed by atoms with van der Waals surface area (Å²) in [5.74, 6) is 6.41. The van der Waals surface area contributed by atoms with Gasteiger partial charge in [-0.1, -0.05) is 66.4 Å². The number of aromatic nitrogens is 1. The van der Waals surface area contributed by atoms with Gasteiger partial charge in [-0.15, -0.1) is 0 Å². The Bertz CT molecular complexity index is 1040. The molecule has 1 nitrogen and oxygen atoms in total. The van der Waals surface area contributed by atoms with Crippen molar-refractivity contribution in [3.05, 3.63) is 102 Å². The van der Waals surface area contributed by atoms with E-state index >= 15 is 0 Å². The van der Waals surface area contributed by atoms with E-state index in [0.29, 0.717) is 0 Å². The van der Waals surface area contributed by atoms with Gasteiger partial charge >= 0.3 is 0 Å². The van der Waals surface area contributed by atoms with Crippen LogP contribution in [-0.4, -0.2) is 4.98 Å². The van der Waals surface area contributed by atoms with Crippen molar-refractivity contribution in [2.45, 2.75) is 0 Å². The van der Waals surface area contributed by atoms with Gasteiger partial charge in [0.05, 0.1) is 11.2 Å². The van der Waals surface area contributed by atoms with Crippen LogP contribution in [0.25, 0.3) is 22.2 Å². The van der Waals surface area contributed by atoms with Crippen molar-refractivity contribution >= 4 is 10.9 Å².